The molecule has 15 heteroatoms. The minimum atomic E-state index is -5.08. The molecule has 190 valence electrons. The van der Waals surface area contributed by atoms with Crippen LogP contribution in [0.25, 0.3) is 16.9 Å². The summed E-state index contributed by atoms with van der Waals surface area (Å²) in [5.41, 5.74) is 3.39. The Hall–Kier alpha value is -4.43. The van der Waals surface area contributed by atoms with E-state index in [0.717, 1.165) is 22.7 Å². The van der Waals surface area contributed by atoms with Gasteiger partial charge in [0.1, 0.15) is 5.69 Å². The van der Waals surface area contributed by atoms with E-state index in [1.807, 2.05) is 41.1 Å². The quantitative estimate of drug-likeness (QED) is 0.444. The van der Waals surface area contributed by atoms with Crippen molar-refractivity contribution >= 4 is 23.3 Å². The summed E-state index contributed by atoms with van der Waals surface area (Å²) in [5.74, 6) is -1.92. The van der Waals surface area contributed by atoms with Crippen LogP contribution < -0.4 is 4.90 Å². The molecule has 0 bridgehead atoms. The van der Waals surface area contributed by atoms with Crippen molar-refractivity contribution in [3.8, 4) is 11.3 Å². The summed E-state index contributed by atoms with van der Waals surface area (Å²) in [4.78, 5) is 34.8. The SMILES string of the molecule is Cn1cc(-c2cnc3c(N4CCN(C(=O)c5ccnn5C)CC4)nccn23)cn1.O=C(O)C(F)(F)F. The maximum atomic E-state index is 12.7. The number of nitrogens with zero attached hydrogens (tertiary/aromatic N) is 9. The van der Waals surface area contributed by atoms with Crippen LogP contribution in [0.2, 0.25) is 0 Å². The van der Waals surface area contributed by atoms with Gasteiger partial charge >= 0.3 is 12.1 Å². The Morgan fingerprint density at radius 2 is 1.69 bits per heavy atom. The number of aromatic nitrogens is 7. The highest BCUT2D eigenvalue weighted by atomic mass is 19.4. The van der Waals surface area contributed by atoms with Crippen LogP contribution in [0.4, 0.5) is 19.0 Å². The van der Waals surface area contributed by atoms with Crippen LogP contribution in [0.3, 0.4) is 0 Å². The Bertz CT molecular complexity index is 1380. The van der Waals surface area contributed by atoms with E-state index < -0.39 is 12.1 Å². The Morgan fingerprint density at radius 3 is 2.25 bits per heavy atom. The zero-order valence-electron chi connectivity index (χ0n) is 19.3. The third-order valence-electron chi connectivity index (χ3n) is 5.56. The number of rotatable bonds is 3. The predicted molar refractivity (Wildman–Crippen MR) is 120 cm³/mol. The van der Waals surface area contributed by atoms with Crippen molar-refractivity contribution in [2.24, 2.45) is 14.1 Å². The Labute approximate surface area is 202 Å². The standard InChI is InChI=1S/C19H21N9O.C2HF3O2/c1-24-13-14(11-23-24)16-12-21-18-17(20-5-6-28(16)18)26-7-9-27(10-8-26)19(29)15-3-4-22-25(15)2;3-2(4,5)1(6)7/h3-6,11-13H,7-10H2,1-2H3;(H,6,7). The summed E-state index contributed by atoms with van der Waals surface area (Å²) < 4.78 is 37.2. The second-order valence-electron chi connectivity index (χ2n) is 7.91. The van der Waals surface area contributed by atoms with Gasteiger partial charge in [-0.05, 0) is 6.07 Å². The van der Waals surface area contributed by atoms with Gasteiger partial charge in [-0.2, -0.15) is 23.4 Å². The summed E-state index contributed by atoms with van der Waals surface area (Å²) in [5, 5.41) is 15.5. The fourth-order valence-corrected chi connectivity index (χ4v) is 3.76. The van der Waals surface area contributed by atoms with Crippen LogP contribution >= 0.6 is 0 Å². The first-order chi connectivity index (χ1) is 17.1. The number of alkyl halides is 3. The van der Waals surface area contributed by atoms with Gasteiger partial charge in [0.15, 0.2) is 11.5 Å². The molecule has 0 radical (unpaired) electrons. The number of carboxylic acids is 1. The molecule has 0 aromatic carbocycles. The summed E-state index contributed by atoms with van der Waals surface area (Å²) in [6, 6.07) is 1.75. The number of anilines is 1. The monoisotopic (exact) mass is 505 g/mol. The maximum absolute atomic E-state index is 12.7. The van der Waals surface area contributed by atoms with E-state index >= 15 is 0 Å². The molecule has 4 aromatic heterocycles. The molecule has 1 aliphatic rings. The number of amides is 1. The van der Waals surface area contributed by atoms with E-state index in [9.17, 15) is 18.0 Å². The van der Waals surface area contributed by atoms with Gasteiger partial charge in [0, 0.05) is 70.6 Å². The molecule has 4 aromatic rings. The van der Waals surface area contributed by atoms with Crippen LogP contribution in [0.15, 0.2) is 43.2 Å². The number of aliphatic carboxylic acids is 1. The molecule has 1 N–H and O–H groups in total. The van der Waals surface area contributed by atoms with Gasteiger partial charge in [-0.1, -0.05) is 0 Å². The highest BCUT2D eigenvalue weighted by Gasteiger charge is 2.38. The molecule has 5 rings (SSSR count). The normalized spacial score (nSPS) is 14.0. The largest absolute Gasteiger partial charge is 0.490 e. The Morgan fingerprint density at radius 1 is 1.00 bits per heavy atom. The number of carbonyl (C=O) groups excluding carboxylic acids is 1. The lowest BCUT2D eigenvalue weighted by molar-refractivity contribution is -0.192. The zero-order valence-corrected chi connectivity index (χ0v) is 19.3. The van der Waals surface area contributed by atoms with Crippen LogP contribution in [-0.2, 0) is 18.9 Å². The van der Waals surface area contributed by atoms with Crippen LogP contribution in [0, 0.1) is 0 Å². The number of piperazine rings is 1. The smallest absolute Gasteiger partial charge is 0.475 e. The first-order valence-electron chi connectivity index (χ1n) is 10.7. The van der Waals surface area contributed by atoms with Gasteiger partial charge in [0.25, 0.3) is 5.91 Å². The average molecular weight is 505 g/mol. The van der Waals surface area contributed by atoms with E-state index in [0.29, 0.717) is 31.9 Å². The number of hydrogen-bond acceptors (Lipinski definition) is 7. The van der Waals surface area contributed by atoms with Gasteiger partial charge in [-0.15, -0.1) is 0 Å². The molecule has 0 atom stereocenters. The van der Waals surface area contributed by atoms with E-state index in [1.165, 1.54) is 0 Å². The highest BCUT2D eigenvalue weighted by molar-refractivity contribution is 5.92. The fraction of sp³-hybridized carbons (Fsp3) is 0.333. The number of aryl methyl sites for hydroxylation is 2. The molecule has 0 saturated carbocycles. The number of carbonyl (C=O) groups is 2. The summed E-state index contributed by atoms with van der Waals surface area (Å²) in [6.45, 7) is 2.66. The number of imidazole rings is 1. The van der Waals surface area contributed by atoms with Gasteiger partial charge < -0.3 is 14.9 Å². The van der Waals surface area contributed by atoms with Crippen molar-refractivity contribution in [3.63, 3.8) is 0 Å². The van der Waals surface area contributed by atoms with Gasteiger partial charge in [0.05, 0.1) is 18.1 Å². The first-order valence-corrected chi connectivity index (χ1v) is 10.7. The predicted octanol–water partition coefficient (Wildman–Crippen LogP) is 1.46. The fourth-order valence-electron chi connectivity index (χ4n) is 3.76. The molecule has 1 amide bonds. The third kappa shape index (κ3) is 4.99. The molecule has 36 heavy (non-hydrogen) atoms. The number of carboxylic acid groups (broad SMARTS) is 1. The van der Waals surface area contributed by atoms with E-state index in [1.54, 1.807) is 34.9 Å². The van der Waals surface area contributed by atoms with Crippen LogP contribution in [0.1, 0.15) is 10.5 Å². The van der Waals surface area contributed by atoms with Crippen molar-refractivity contribution in [1.29, 1.82) is 0 Å². The van der Waals surface area contributed by atoms with E-state index in [4.69, 9.17) is 9.90 Å². The number of hydrogen-bond donors (Lipinski definition) is 1. The lowest BCUT2D eigenvalue weighted by atomic mass is 10.2. The molecule has 0 spiro atoms. The molecule has 1 aliphatic heterocycles. The molecular formula is C21H22F3N9O3. The molecule has 1 fully saturated rings. The maximum Gasteiger partial charge on any atom is 0.490 e. The Kier molecular flexibility index (Phi) is 6.63. The minimum Gasteiger partial charge on any atom is -0.475 e. The molecule has 12 nitrogen and oxygen atoms in total. The molecule has 0 unspecified atom stereocenters. The second kappa shape index (κ2) is 9.67. The highest BCUT2D eigenvalue weighted by Crippen LogP contribution is 2.25. The summed E-state index contributed by atoms with van der Waals surface area (Å²) in [6.07, 6.45) is 5.90. The zero-order chi connectivity index (χ0) is 26.0. The average Bonchev–Trinajstić information content (AvgIpc) is 3.57. The second-order valence-corrected chi connectivity index (χ2v) is 7.91. The lowest BCUT2D eigenvalue weighted by Gasteiger charge is -2.35. The van der Waals surface area contributed by atoms with Gasteiger partial charge in [-0.3, -0.25) is 18.6 Å². The van der Waals surface area contributed by atoms with Crippen molar-refractivity contribution in [3.05, 3.63) is 48.9 Å². The molecule has 0 aliphatic carbocycles. The van der Waals surface area contributed by atoms with Gasteiger partial charge in [-0.25, -0.2) is 14.8 Å². The molecule has 5 heterocycles. The minimum absolute atomic E-state index is 0.00972. The van der Waals surface area contributed by atoms with Crippen molar-refractivity contribution < 1.29 is 27.9 Å². The first kappa shape index (κ1) is 24.7. The van der Waals surface area contributed by atoms with Crippen molar-refractivity contribution in [2.75, 3.05) is 31.1 Å². The topological polar surface area (TPSA) is 127 Å². The van der Waals surface area contributed by atoms with E-state index in [2.05, 4.69) is 25.1 Å². The summed E-state index contributed by atoms with van der Waals surface area (Å²) >= 11 is 0. The number of fused-ring (bicyclic) bond motifs is 1. The Balaban J connectivity index is 0.000000384. The number of halogens is 3. The van der Waals surface area contributed by atoms with Crippen LogP contribution in [0.5, 0.6) is 0 Å². The van der Waals surface area contributed by atoms with Crippen molar-refractivity contribution in [1.82, 2.24) is 38.8 Å². The van der Waals surface area contributed by atoms with Crippen molar-refractivity contribution in [2.45, 2.75) is 6.18 Å². The molecule has 1 saturated heterocycles. The molecular weight excluding hydrogens is 483 g/mol. The lowest BCUT2D eigenvalue weighted by Crippen LogP contribution is -2.49. The van der Waals surface area contributed by atoms with Crippen LogP contribution in [-0.4, -0.2) is 88.2 Å². The third-order valence-corrected chi connectivity index (χ3v) is 5.56. The van der Waals surface area contributed by atoms with E-state index in [-0.39, 0.29) is 5.91 Å². The van der Waals surface area contributed by atoms with Gasteiger partial charge in [0.2, 0.25) is 0 Å². The summed E-state index contributed by atoms with van der Waals surface area (Å²) in [7, 11) is 3.68.